The Labute approximate surface area is 329 Å². The van der Waals surface area contributed by atoms with Crippen molar-refractivity contribution in [3.63, 3.8) is 0 Å². The van der Waals surface area contributed by atoms with Crippen LogP contribution in [0.15, 0.2) is 36.3 Å². The molecule has 0 saturated heterocycles. The lowest BCUT2D eigenvalue weighted by Crippen LogP contribution is -2.62. The van der Waals surface area contributed by atoms with Gasteiger partial charge in [0.15, 0.2) is 11.6 Å². The minimum Gasteiger partial charge on any atom is -0.464 e. The number of esters is 4. The summed E-state index contributed by atoms with van der Waals surface area (Å²) in [5, 5.41) is 3.62. The maximum atomic E-state index is 12.9. The molecule has 292 valence electrons. The highest BCUT2D eigenvalue weighted by molar-refractivity contribution is 6.33. The number of hydrogen-bond donors (Lipinski definition) is 4. The molecule has 0 radical (unpaired) electrons. The van der Waals surface area contributed by atoms with Crippen LogP contribution in [0.3, 0.4) is 0 Å². The van der Waals surface area contributed by atoms with E-state index in [1.807, 2.05) is 0 Å². The maximum Gasteiger partial charge on any atom is 0.344 e. The van der Waals surface area contributed by atoms with Crippen LogP contribution in [0.25, 0.3) is 0 Å². The summed E-state index contributed by atoms with van der Waals surface area (Å²) >= 11 is 16.7. The molecule has 0 fully saturated rings. The summed E-state index contributed by atoms with van der Waals surface area (Å²) in [5.74, 6) is -7.42. The number of nitrogen functional groups attached to an aromatic ring is 2. The van der Waals surface area contributed by atoms with Crippen LogP contribution in [0, 0.1) is 0 Å². The lowest BCUT2D eigenvalue weighted by molar-refractivity contribution is -0.168. The average Bonchev–Trinajstić information content (AvgIpc) is 3.17. The highest BCUT2D eigenvalue weighted by Crippen LogP contribution is 2.25. The molecule has 0 aromatic heterocycles. The van der Waals surface area contributed by atoms with Crippen LogP contribution in [-0.2, 0) is 47.7 Å². The van der Waals surface area contributed by atoms with Crippen molar-refractivity contribution < 1.29 is 65.5 Å². The zero-order valence-electron chi connectivity index (χ0n) is 35.5. The zero-order valence-corrected chi connectivity index (χ0v) is 31.8. The molecule has 0 aliphatic rings. The van der Waals surface area contributed by atoms with Gasteiger partial charge >= 0.3 is 23.9 Å². The van der Waals surface area contributed by atoms with Crippen molar-refractivity contribution >= 4 is 93.4 Å². The lowest BCUT2D eigenvalue weighted by atomic mass is 9.89. The van der Waals surface area contributed by atoms with Crippen LogP contribution < -0.4 is 22.1 Å². The van der Waals surface area contributed by atoms with Gasteiger partial charge in [-0.3, -0.25) is 19.2 Å². The number of halogens is 3. The third-order valence-corrected chi connectivity index (χ3v) is 6.38. The molecule has 2 amide bonds. The number of rotatable bonds is 15. The smallest absolute Gasteiger partial charge is 0.344 e. The van der Waals surface area contributed by atoms with Crippen LogP contribution >= 0.6 is 34.8 Å². The number of ketones is 2. The van der Waals surface area contributed by atoms with Crippen LogP contribution in [0.4, 0.5) is 11.4 Å². The molecule has 0 atom stereocenters. The third-order valence-electron chi connectivity index (χ3n) is 5.76. The van der Waals surface area contributed by atoms with Crippen molar-refractivity contribution in [3.05, 3.63) is 57.4 Å². The molecular weight excluding hydrogens is 763 g/mol. The van der Waals surface area contributed by atoms with E-state index in [-0.39, 0.29) is 66.7 Å². The monoisotopic (exact) mass is 810 g/mol. The number of nitrogens with two attached hydrogens (primary N) is 2. The fourth-order valence-corrected chi connectivity index (χ4v) is 4.11. The van der Waals surface area contributed by atoms with Crippen LogP contribution in [-0.4, -0.2) is 91.1 Å². The van der Waals surface area contributed by atoms with E-state index in [1.54, 1.807) is 13.8 Å². The van der Waals surface area contributed by atoms with Crippen LogP contribution in [0.2, 0.25) is 10.0 Å². The van der Waals surface area contributed by atoms with Crippen molar-refractivity contribution in [3.8, 4) is 0 Å². The highest BCUT2D eigenvalue weighted by atomic mass is 35.5. The van der Waals surface area contributed by atoms with Gasteiger partial charge in [0.2, 0.25) is 23.4 Å². The van der Waals surface area contributed by atoms with Gasteiger partial charge in [0, 0.05) is 46.4 Å². The van der Waals surface area contributed by atoms with E-state index in [1.165, 1.54) is 20.8 Å². The number of Topliss-reactive ketones (excluding diaryl/α,β-unsaturated/α-hetero) is 2. The second kappa shape index (κ2) is 24.3. The van der Waals surface area contributed by atoms with Gasteiger partial charge in [-0.15, -0.1) is 11.6 Å². The van der Waals surface area contributed by atoms with Gasteiger partial charge in [-0.2, -0.15) is 0 Å². The predicted molar refractivity (Wildman–Crippen MR) is 196 cm³/mol. The Bertz CT molecular complexity index is 1860. The summed E-state index contributed by atoms with van der Waals surface area (Å²) in [5.41, 5.74) is 7.20. The average molecular weight is 812 g/mol. The minimum atomic E-state index is -2.53. The van der Waals surface area contributed by atoms with Gasteiger partial charge in [-0.1, -0.05) is 23.2 Å². The molecule has 0 bridgehead atoms. The summed E-state index contributed by atoms with van der Waals surface area (Å²) in [7, 11) is 0. The van der Waals surface area contributed by atoms with E-state index in [0.717, 1.165) is 6.92 Å². The first kappa shape index (κ1) is 37.8. The molecule has 19 heteroatoms. The summed E-state index contributed by atoms with van der Waals surface area (Å²) in [6, 6.07) is -4.31. The normalized spacial score (nSPS) is 11.8. The van der Waals surface area contributed by atoms with Gasteiger partial charge in [0.25, 0.3) is 0 Å². The molecule has 2 aromatic rings. The van der Waals surface area contributed by atoms with Crippen molar-refractivity contribution in [2.24, 2.45) is 0 Å². The number of anilines is 2. The topological polar surface area (TPSA) is 250 Å². The molecule has 0 heterocycles. The first-order chi connectivity index (χ1) is 27.4. The molecule has 0 saturated carbocycles. The second-order valence-electron chi connectivity index (χ2n) is 9.78. The molecule has 2 rings (SSSR count). The number of carbonyl (C=O) groups excluding carboxylic acids is 8. The van der Waals surface area contributed by atoms with Gasteiger partial charge in [0.05, 0.1) is 47.0 Å². The van der Waals surface area contributed by atoms with E-state index in [2.05, 4.69) is 20.1 Å². The Morgan fingerprint density at radius 2 is 1.09 bits per heavy atom. The van der Waals surface area contributed by atoms with Crippen molar-refractivity contribution in [1.29, 1.82) is 0 Å². The third kappa shape index (κ3) is 16.1. The summed E-state index contributed by atoms with van der Waals surface area (Å²) in [6.07, 6.45) is -0.999. The quantitative estimate of drug-likeness (QED) is 0.0503. The first-order valence-corrected chi connectivity index (χ1v) is 16.6. The summed E-state index contributed by atoms with van der Waals surface area (Å²) in [6.45, 7) is 8.30. The number of ether oxygens (including phenoxy) is 4. The maximum absolute atomic E-state index is 12.9. The number of alkyl halides is 1. The van der Waals surface area contributed by atoms with E-state index < -0.39 is 99.7 Å². The van der Waals surface area contributed by atoms with Crippen LogP contribution in [0.1, 0.15) is 76.9 Å². The van der Waals surface area contributed by atoms with Gasteiger partial charge in [-0.05, 0) is 63.9 Å². The van der Waals surface area contributed by atoms with E-state index in [0.29, 0.717) is 0 Å². The Balaban J connectivity index is 0.000000943. The lowest BCUT2D eigenvalue weighted by Gasteiger charge is -2.29. The Kier molecular flexibility index (Phi) is 17.4. The molecule has 0 aliphatic carbocycles. The molecule has 2 aromatic carbocycles. The number of carbonyl (C=O) groups is 8. The van der Waals surface area contributed by atoms with Crippen molar-refractivity contribution in [1.82, 2.24) is 10.6 Å². The van der Waals surface area contributed by atoms with Crippen molar-refractivity contribution in [2.45, 2.75) is 59.5 Å². The number of nitrogens with one attached hydrogen (secondary N) is 2. The molecule has 0 unspecified atom stereocenters. The van der Waals surface area contributed by atoms with Gasteiger partial charge in [0.1, 0.15) is 0 Å². The van der Waals surface area contributed by atoms with E-state index in [9.17, 15) is 38.4 Å². The first-order valence-electron chi connectivity index (χ1n) is 18.3. The molecular formula is C34H43Cl3N4O12. The molecule has 53 heavy (non-hydrogen) atoms. The summed E-state index contributed by atoms with van der Waals surface area (Å²) in [4.78, 5) is 94.4. The summed E-state index contributed by atoms with van der Waals surface area (Å²) < 4.78 is 64.8. The number of hydrogen-bond acceptors (Lipinski definition) is 14. The zero-order chi connectivity index (χ0) is 46.1. The largest absolute Gasteiger partial charge is 0.464 e. The van der Waals surface area contributed by atoms with Crippen LogP contribution in [0.5, 0.6) is 0 Å². The number of amides is 2. The van der Waals surface area contributed by atoms with Gasteiger partial charge < -0.3 is 41.0 Å². The Morgan fingerprint density at radius 3 is 1.43 bits per heavy atom. The number of benzene rings is 2. The fraction of sp³-hybridized carbons (Fsp3) is 0.412. The molecule has 0 aliphatic heterocycles. The molecule has 0 spiro atoms. The fourth-order valence-electron chi connectivity index (χ4n) is 3.68. The SMILES string of the molecule is CCOC(=O)C(NC(C)=O)C(=O)OCC.[2H]c1c([2H])c(C(=O)CC(NC(C)=O)(C(=O)OCC)C(=O)OCC)c(N)c([2H])c1Cl.[2H]c1c([2H])c(C(=O)CCl)c(N)c([2H])c1Cl. The molecule has 16 nitrogen and oxygen atoms in total. The minimum absolute atomic E-state index is 0.133. The van der Waals surface area contributed by atoms with Gasteiger partial charge in [-0.25, -0.2) is 19.2 Å². The molecule has 6 N–H and O–H groups in total. The van der Waals surface area contributed by atoms with E-state index in [4.69, 9.17) is 64.0 Å². The highest BCUT2D eigenvalue weighted by Gasteiger charge is 2.51. The Morgan fingerprint density at radius 1 is 0.698 bits per heavy atom. The van der Waals surface area contributed by atoms with E-state index >= 15 is 0 Å². The predicted octanol–water partition coefficient (Wildman–Crippen LogP) is 3.46. The standard InChI is InChI=1S/C17H21ClN2O6.C9H15NO5.C8H7Cl2NO/c1-4-25-15(23)17(20-10(3)21,16(24)26-5-2)9-14(22)12-7-6-11(18)8-13(12)19;1-4-14-8(12)7(10-6(3)11)9(13)15-5-2;9-4-8(12)6-2-1-5(10)3-7(6)11/h6-8H,4-5,9,19H2,1-3H3,(H,20,21);7H,4-5H2,1-3H3,(H,10,11);1-3H,4,11H2/i6D,7D,8D;;1D,2D,3D. The van der Waals surface area contributed by atoms with Crippen molar-refractivity contribution in [2.75, 3.05) is 43.8 Å². The second-order valence-corrected chi connectivity index (χ2v) is 10.8. The Hall–Kier alpha value is -4.93.